The summed E-state index contributed by atoms with van der Waals surface area (Å²) in [4.78, 5) is 41.0. The molecule has 11 heteroatoms. The number of rotatable bonds is 11. The number of benzene rings is 5. The van der Waals surface area contributed by atoms with Gasteiger partial charge in [0.25, 0.3) is 11.8 Å². The van der Waals surface area contributed by atoms with Crippen molar-refractivity contribution in [2.75, 3.05) is 17.7 Å². The van der Waals surface area contributed by atoms with Crippen molar-refractivity contribution in [3.63, 3.8) is 0 Å². The Morgan fingerprint density at radius 2 is 1.45 bits per heavy atom. The van der Waals surface area contributed by atoms with E-state index >= 15 is 0 Å². The number of hydrogen-bond acceptors (Lipinski definition) is 5. The van der Waals surface area contributed by atoms with Crippen LogP contribution >= 0.6 is 46.6 Å². The lowest BCUT2D eigenvalue weighted by Gasteiger charge is -2.19. The molecule has 0 aliphatic heterocycles. The van der Waals surface area contributed by atoms with E-state index < -0.39 is 17.1 Å². The summed E-state index contributed by atoms with van der Waals surface area (Å²) in [6, 6.07) is 33.3. The molecule has 5 aromatic carbocycles. The molecule has 0 heterocycles. The minimum atomic E-state index is -0.616. The molecule has 0 aliphatic carbocycles. The van der Waals surface area contributed by atoms with Crippen LogP contribution in [0.2, 0.25) is 15.1 Å². The van der Waals surface area contributed by atoms with Gasteiger partial charge in [0.2, 0.25) is 5.91 Å². The van der Waals surface area contributed by atoms with Gasteiger partial charge in [0, 0.05) is 37.3 Å². The molecule has 7 nitrogen and oxygen atoms in total. The van der Waals surface area contributed by atoms with Crippen LogP contribution in [0.4, 0.5) is 11.4 Å². The predicted octanol–water partition coefficient (Wildman–Crippen LogP) is 9.85. The van der Waals surface area contributed by atoms with Crippen molar-refractivity contribution >= 4 is 81.7 Å². The number of carbonyl (C=O) groups is 3. The summed E-state index contributed by atoms with van der Waals surface area (Å²) in [6.45, 7) is 1.85. The highest BCUT2D eigenvalue weighted by atomic mass is 35.5. The van der Waals surface area contributed by atoms with Crippen molar-refractivity contribution in [2.45, 2.75) is 17.1 Å². The molecule has 0 bridgehead atoms. The zero-order valence-corrected chi connectivity index (χ0v) is 29.4. The maximum absolute atomic E-state index is 13.7. The van der Waals surface area contributed by atoms with E-state index in [9.17, 15) is 14.4 Å². The van der Waals surface area contributed by atoms with Crippen LogP contribution in [0.15, 0.2) is 126 Å². The van der Waals surface area contributed by atoms with Crippen molar-refractivity contribution in [3.05, 3.63) is 158 Å². The third kappa shape index (κ3) is 9.46. The lowest BCUT2D eigenvalue weighted by atomic mass is 10.1. The Balaban J connectivity index is 1.35. The number of methoxy groups -OCH3 is 1. The number of anilines is 2. The van der Waals surface area contributed by atoms with E-state index in [2.05, 4.69) is 16.0 Å². The number of ether oxygens (including phenoxy) is 1. The zero-order valence-electron chi connectivity index (χ0n) is 26.3. The Labute approximate surface area is 303 Å². The smallest absolute Gasteiger partial charge is 0.272 e. The SMILES string of the molecule is COc1cc(Cl)c(C)cc1NC(=O)C(Sc1ccc(NC(=O)/C(=C/c2ccc(Cl)cc2Cl)NC(=O)c2ccccc2)cc1)c1ccccc1. The monoisotopic (exact) mass is 729 g/mol. The van der Waals surface area contributed by atoms with Gasteiger partial charge in [-0.3, -0.25) is 14.4 Å². The summed E-state index contributed by atoms with van der Waals surface area (Å²) in [6.07, 6.45) is 1.49. The van der Waals surface area contributed by atoms with Gasteiger partial charge in [-0.25, -0.2) is 0 Å². The Hall–Kier alpha value is -4.73. The summed E-state index contributed by atoms with van der Waals surface area (Å²) >= 11 is 20.0. The molecular formula is C38H30Cl3N3O4S. The third-order valence-corrected chi connectivity index (χ3v) is 9.47. The lowest BCUT2D eigenvalue weighted by molar-refractivity contribution is -0.116. The van der Waals surface area contributed by atoms with E-state index in [1.807, 2.05) is 37.3 Å². The van der Waals surface area contributed by atoms with Gasteiger partial charge in [-0.05, 0) is 84.3 Å². The molecule has 5 rings (SSSR count). The van der Waals surface area contributed by atoms with Gasteiger partial charge >= 0.3 is 0 Å². The third-order valence-electron chi connectivity index (χ3n) is 7.24. The average molecular weight is 731 g/mol. The van der Waals surface area contributed by atoms with Crippen LogP contribution in [-0.4, -0.2) is 24.8 Å². The van der Waals surface area contributed by atoms with Gasteiger partial charge in [-0.2, -0.15) is 0 Å². The first-order chi connectivity index (χ1) is 23.6. The molecule has 49 heavy (non-hydrogen) atoms. The van der Waals surface area contributed by atoms with Crippen molar-refractivity contribution in [1.29, 1.82) is 0 Å². The number of carbonyl (C=O) groups excluding carboxylic acids is 3. The molecule has 0 spiro atoms. The van der Waals surface area contributed by atoms with Crippen LogP contribution in [-0.2, 0) is 9.59 Å². The Bertz CT molecular complexity index is 2010. The number of hydrogen-bond donors (Lipinski definition) is 3. The fourth-order valence-electron chi connectivity index (χ4n) is 4.70. The zero-order chi connectivity index (χ0) is 34.9. The van der Waals surface area contributed by atoms with Crippen LogP contribution < -0.4 is 20.7 Å². The second-order valence-electron chi connectivity index (χ2n) is 10.7. The van der Waals surface area contributed by atoms with Gasteiger partial charge in [0.1, 0.15) is 16.7 Å². The Morgan fingerprint density at radius 1 is 0.776 bits per heavy atom. The summed E-state index contributed by atoms with van der Waals surface area (Å²) in [5, 5.41) is 9.20. The maximum atomic E-state index is 13.7. The molecule has 0 aromatic heterocycles. The molecular weight excluding hydrogens is 701 g/mol. The van der Waals surface area contributed by atoms with Crippen molar-refractivity contribution in [3.8, 4) is 5.75 Å². The first-order valence-electron chi connectivity index (χ1n) is 14.9. The first-order valence-corrected chi connectivity index (χ1v) is 16.9. The molecule has 1 unspecified atom stereocenters. The average Bonchev–Trinajstić information content (AvgIpc) is 3.10. The molecule has 3 N–H and O–H groups in total. The summed E-state index contributed by atoms with van der Waals surface area (Å²) < 4.78 is 5.46. The van der Waals surface area contributed by atoms with Gasteiger partial charge < -0.3 is 20.7 Å². The minimum absolute atomic E-state index is 0.0230. The minimum Gasteiger partial charge on any atom is -0.495 e. The van der Waals surface area contributed by atoms with Crippen molar-refractivity contribution in [1.82, 2.24) is 5.32 Å². The molecule has 3 amide bonds. The van der Waals surface area contributed by atoms with E-state index in [0.29, 0.717) is 43.3 Å². The summed E-state index contributed by atoms with van der Waals surface area (Å²) in [5.74, 6) is -0.828. The van der Waals surface area contributed by atoms with Crippen LogP contribution in [0.3, 0.4) is 0 Å². The van der Waals surface area contributed by atoms with Crippen molar-refractivity contribution < 1.29 is 19.1 Å². The van der Waals surface area contributed by atoms with Crippen LogP contribution in [0.25, 0.3) is 6.08 Å². The van der Waals surface area contributed by atoms with Crippen LogP contribution in [0.1, 0.15) is 32.3 Å². The summed E-state index contributed by atoms with van der Waals surface area (Å²) in [5.41, 5.74) is 3.44. The number of halogens is 3. The standard InChI is InChI=1S/C38H30Cl3N3O4S/c1-23-19-32(34(48-2)22-30(23)40)43-38(47)35(24-9-5-3-6-10-24)49-29-17-15-28(16-18-29)42-37(46)33(20-26-13-14-27(39)21-31(26)41)44-36(45)25-11-7-4-8-12-25/h3-22,35H,1-2H3,(H,42,46)(H,43,47)(H,44,45)/b33-20-. The normalized spacial score (nSPS) is 11.7. The van der Waals surface area contributed by atoms with Crippen molar-refractivity contribution in [2.24, 2.45) is 0 Å². The number of aryl methyl sites for hydroxylation is 1. The molecule has 0 saturated heterocycles. The van der Waals surface area contributed by atoms with Gasteiger partial charge in [-0.1, -0.05) is 89.4 Å². The fourth-order valence-corrected chi connectivity index (χ4v) is 6.34. The second kappa shape index (κ2) is 16.6. The molecule has 1 atom stereocenters. The molecule has 0 radical (unpaired) electrons. The highest BCUT2D eigenvalue weighted by Gasteiger charge is 2.24. The quantitative estimate of drug-likeness (QED) is 0.0929. The van der Waals surface area contributed by atoms with Gasteiger partial charge in [0.05, 0.1) is 12.8 Å². The molecule has 0 saturated carbocycles. The van der Waals surface area contributed by atoms with E-state index in [1.165, 1.54) is 24.9 Å². The van der Waals surface area contributed by atoms with Crippen LogP contribution in [0.5, 0.6) is 5.75 Å². The second-order valence-corrected chi connectivity index (χ2v) is 13.2. The topological polar surface area (TPSA) is 96.5 Å². The van der Waals surface area contributed by atoms with Crippen LogP contribution in [0, 0.1) is 6.92 Å². The Morgan fingerprint density at radius 3 is 2.10 bits per heavy atom. The van der Waals surface area contributed by atoms with Gasteiger partial charge in [0.15, 0.2) is 0 Å². The highest BCUT2D eigenvalue weighted by molar-refractivity contribution is 8.00. The van der Waals surface area contributed by atoms with Gasteiger partial charge in [-0.15, -0.1) is 11.8 Å². The molecule has 248 valence electrons. The first kappa shape index (κ1) is 35.6. The fraction of sp³-hybridized carbons (Fsp3) is 0.0789. The number of amides is 3. The van der Waals surface area contributed by atoms with E-state index in [1.54, 1.807) is 84.9 Å². The van der Waals surface area contributed by atoms with E-state index in [4.69, 9.17) is 39.5 Å². The van der Waals surface area contributed by atoms with E-state index in [0.717, 1.165) is 16.0 Å². The molecule has 0 aliphatic rings. The molecule has 5 aromatic rings. The molecule has 0 fully saturated rings. The predicted molar refractivity (Wildman–Crippen MR) is 200 cm³/mol. The summed E-state index contributed by atoms with van der Waals surface area (Å²) in [7, 11) is 1.52. The largest absolute Gasteiger partial charge is 0.495 e. The van der Waals surface area contributed by atoms with E-state index in [-0.39, 0.29) is 11.6 Å². The lowest BCUT2D eigenvalue weighted by Crippen LogP contribution is -2.30. The highest BCUT2D eigenvalue weighted by Crippen LogP contribution is 2.38. The number of thioether (sulfide) groups is 1. The maximum Gasteiger partial charge on any atom is 0.272 e. The number of nitrogens with one attached hydrogen (secondary N) is 3. The Kier molecular flexibility index (Phi) is 12.0.